The fraction of sp³-hybridized carbons (Fsp3) is 0.0500. The van der Waals surface area contributed by atoms with Crippen molar-refractivity contribution in [3.63, 3.8) is 0 Å². The molecular formula is C20H13N3O. The number of rotatable bonds is 3. The van der Waals surface area contributed by atoms with Gasteiger partial charge in [-0.05, 0) is 36.8 Å². The Morgan fingerprint density at radius 2 is 1.92 bits per heavy atom. The molecule has 0 fully saturated rings. The summed E-state index contributed by atoms with van der Waals surface area (Å²) < 4.78 is 0. The number of allylic oxidation sites excluding steroid dienone is 1. The third-order valence-electron chi connectivity index (χ3n) is 3.81. The first kappa shape index (κ1) is 15.3. The first-order valence-corrected chi connectivity index (χ1v) is 7.38. The molecule has 0 amide bonds. The van der Waals surface area contributed by atoms with Gasteiger partial charge in [0, 0.05) is 16.6 Å². The fourth-order valence-corrected chi connectivity index (χ4v) is 2.72. The zero-order valence-electron chi connectivity index (χ0n) is 13.0. The molecule has 0 saturated carbocycles. The summed E-state index contributed by atoms with van der Waals surface area (Å²) in [6.45, 7) is 1.82. The predicted octanol–water partition coefficient (Wildman–Crippen LogP) is 4.14. The fourth-order valence-electron chi connectivity index (χ4n) is 2.72. The molecule has 4 nitrogen and oxygen atoms in total. The van der Waals surface area contributed by atoms with Gasteiger partial charge in [0.05, 0.1) is 17.2 Å². The zero-order chi connectivity index (χ0) is 17.1. The normalized spacial score (nSPS) is 11.0. The van der Waals surface area contributed by atoms with Crippen LogP contribution in [0.1, 0.15) is 27.2 Å². The van der Waals surface area contributed by atoms with Crippen molar-refractivity contribution in [2.75, 3.05) is 0 Å². The molecule has 1 aromatic heterocycles. The average molecular weight is 311 g/mol. The molecule has 0 atom stereocenters. The summed E-state index contributed by atoms with van der Waals surface area (Å²) in [5.41, 5.74) is 3.27. The largest absolute Gasteiger partial charge is 0.358 e. The molecular weight excluding hydrogens is 298 g/mol. The van der Waals surface area contributed by atoms with Crippen molar-refractivity contribution in [2.24, 2.45) is 0 Å². The van der Waals surface area contributed by atoms with E-state index in [0.717, 1.165) is 16.6 Å². The number of fused-ring (bicyclic) bond motifs is 1. The number of hydrogen-bond acceptors (Lipinski definition) is 3. The smallest absolute Gasteiger partial charge is 0.205 e. The number of aryl methyl sites for hydroxylation is 1. The van der Waals surface area contributed by atoms with Crippen molar-refractivity contribution in [2.45, 2.75) is 6.92 Å². The van der Waals surface area contributed by atoms with Crippen LogP contribution < -0.4 is 0 Å². The summed E-state index contributed by atoms with van der Waals surface area (Å²) in [5.74, 6) is -0.324. The maximum Gasteiger partial charge on any atom is 0.205 e. The van der Waals surface area contributed by atoms with Crippen molar-refractivity contribution in [1.82, 2.24) is 4.98 Å². The molecule has 24 heavy (non-hydrogen) atoms. The van der Waals surface area contributed by atoms with Crippen LogP contribution in [0.2, 0.25) is 0 Å². The highest BCUT2D eigenvalue weighted by atomic mass is 16.1. The highest BCUT2D eigenvalue weighted by Crippen LogP contribution is 2.25. The molecule has 1 N–H and O–H groups in total. The van der Waals surface area contributed by atoms with Crippen molar-refractivity contribution in [3.8, 4) is 12.1 Å². The van der Waals surface area contributed by atoms with Gasteiger partial charge >= 0.3 is 0 Å². The van der Waals surface area contributed by atoms with Gasteiger partial charge in [0.15, 0.2) is 0 Å². The van der Waals surface area contributed by atoms with Gasteiger partial charge in [-0.3, -0.25) is 4.79 Å². The Morgan fingerprint density at radius 3 is 2.67 bits per heavy atom. The molecule has 0 saturated heterocycles. The molecule has 0 aliphatic heterocycles. The van der Waals surface area contributed by atoms with Crippen LogP contribution >= 0.6 is 0 Å². The lowest BCUT2D eigenvalue weighted by molar-refractivity contribution is 0.104. The third-order valence-corrected chi connectivity index (χ3v) is 3.81. The quantitative estimate of drug-likeness (QED) is 0.448. The van der Waals surface area contributed by atoms with E-state index in [2.05, 4.69) is 4.98 Å². The summed E-state index contributed by atoms with van der Waals surface area (Å²) in [4.78, 5) is 16.0. The Kier molecular flexibility index (Phi) is 3.97. The van der Waals surface area contributed by atoms with E-state index in [1.54, 1.807) is 24.3 Å². The molecule has 114 valence electrons. The minimum Gasteiger partial charge on any atom is -0.358 e. The van der Waals surface area contributed by atoms with E-state index in [1.807, 2.05) is 43.3 Å². The van der Waals surface area contributed by atoms with Crippen molar-refractivity contribution in [3.05, 3.63) is 76.5 Å². The summed E-state index contributed by atoms with van der Waals surface area (Å²) >= 11 is 0. The average Bonchev–Trinajstić information content (AvgIpc) is 2.95. The molecule has 3 aromatic rings. The number of hydrogen-bond donors (Lipinski definition) is 1. The SMILES string of the molecule is Cc1[nH]c2ccccc2c1C(=O)/C(C#N)=C/c1cccc(C#N)c1. The first-order valence-electron chi connectivity index (χ1n) is 7.38. The molecule has 2 aromatic carbocycles. The number of carbonyl (C=O) groups excluding carboxylic acids is 1. The molecule has 0 aliphatic rings. The molecule has 0 unspecified atom stereocenters. The molecule has 0 radical (unpaired) electrons. The number of Topliss-reactive ketones (excluding diaryl/α,β-unsaturated/α-hetero) is 1. The summed E-state index contributed by atoms with van der Waals surface area (Å²) in [6, 6.07) is 18.3. The maximum absolute atomic E-state index is 12.9. The van der Waals surface area contributed by atoms with Crippen LogP contribution in [0.25, 0.3) is 17.0 Å². The second-order valence-electron chi connectivity index (χ2n) is 5.41. The highest BCUT2D eigenvalue weighted by molar-refractivity contribution is 6.20. The monoisotopic (exact) mass is 311 g/mol. The number of nitriles is 2. The van der Waals surface area contributed by atoms with Crippen LogP contribution in [0.15, 0.2) is 54.1 Å². The number of carbonyl (C=O) groups is 1. The Morgan fingerprint density at radius 1 is 1.12 bits per heavy atom. The van der Waals surface area contributed by atoms with Gasteiger partial charge in [-0.25, -0.2) is 0 Å². The van der Waals surface area contributed by atoms with Gasteiger partial charge in [0.25, 0.3) is 0 Å². The van der Waals surface area contributed by atoms with E-state index >= 15 is 0 Å². The van der Waals surface area contributed by atoms with E-state index in [1.165, 1.54) is 6.08 Å². The number of aromatic amines is 1. The lowest BCUT2D eigenvalue weighted by Gasteiger charge is -2.01. The Labute approximate surface area is 139 Å². The zero-order valence-corrected chi connectivity index (χ0v) is 13.0. The summed E-state index contributed by atoms with van der Waals surface area (Å²) in [6.07, 6.45) is 1.52. The van der Waals surface area contributed by atoms with Crippen LogP contribution in [0.4, 0.5) is 0 Å². The number of benzene rings is 2. The Balaban J connectivity index is 2.09. The summed E-state index contributed by atoms with van der Waals surface area (Å²) in [5, 5.41) is 19.2. The van der Waals surface area contributed by atoms with E-state index in [9.17, 15) is 10.1 Å². The van der Waals surface area contributed by atoms with Gasteiger partial charge in [-0.1, -0.05) is 30.3 Å². The Hall–Kier alpha value is -3.63. The van der Waals surface area contributed by atoms with Crippen LogP contribution in [0.3, 0.4) is 0 Å². The van der Waals surface area contributed by atoms with Crippen LogP contribution in [0.5, 0.6) is 0 Å². The van der Waals surface area contributed by atoms with Gasteiger partial charge < -0.3 is 4.98 Å². The maximum atomic E-state index is 12.9. The highest BCUT2D eigenvalue weighted by Gasteiger charge is 2.19. The molecule has 0 spiro atoms. The van der Waals surface area contributed by atoms with Gasteiger partial charge in [-0.15, -0.1) is 0 Å². The minimum atomic E-state index is -0.324. The predicted molar refractivity (Wildman–Crippen MR) is 92.1 cm³/mol. The molecule has 0 aliphatic carbocycles. The van der Waals surface area contributed by atoms with Crippen molar-refractivity contribution in [1.29, 1.82) is 10.5 Å². The first-order chi connectivity index (χ1) is 11.6. The van der Waals surface area contributed by atoms with Gasteiger partial charge in [0.2, 0.25) is 5.78 Å². The van der Waals surface area contributed by atoms with Crippen molar-refractivity contribution >= 4 is 22.8 Å². The van der Waals surface area contributed by atoms with Crippen LogP contribution in [-0.4, -0.2) is 10.8 Å². The number of nitrogens with one attached hydrogen (secondary N) is 1. The number of aromatic nitrogens is 1. The van der Waals surface area contributed by atoms with Crippen LogP contribution in [0, 0.1) is 29.6 Å². The number of ketones is 1. The standard InChI is InChI=1S/C20H13N3O/c1-13-19(17-7-2-3-8-18(17)23-13)20(24)16(12-22)10-14-5-4-6-15(9-14)11-21/h2-10,23H,1H3/b16-10+. The third kappa shape index (κ3) is 2.69. The topological polar surface area (TPSA) is 80.4 Å². The number of para-hydroxylation sites is 1. The lowest BCUT2D eigenvalue weighted by atomic mass is 9.99. The molecule has 4 heteroatoms. The van der Waals surface area contributed by atoms with Gasteiger partial charge in [0.1, 0.15) is 11.6 Å². The Bertz CT molecular complexity index is 1060. The van der Waals surface area contributed by atoms with E-state index in [4.69, 9.17) is 5.26 Å². The number of nitrogens with zero attached hydrogens (tertiary/aromatic N) is 2. The lowest BCUT2D eigenvalue weighted by Crippen LogP contribution is -2.03. The van der Waals surface area contributed by atoms with Gasteiger partial charge in [-0.2, -0.15) is 10.5 Å². The van der Waals surface area contributed by atoms with Crippen LogP contribution in [-0.2, 0) is 0 Å². The summed E-state index contributed by atoms with van der Waals surface area (Å²) in [7, 11) is 0. The van der Waals surface area contributed by atoms with E-state index in [0.29, 0.717) is 16.7 Å². The molecule has 3 rings (SSSR count). The van der Waals surface area contributed by atoms with E-state index in [-0.39, 0.29) is 11.4 Å². The second-order valence-corrected chi connectivity index (χ2v) is 5.41. The second kappa shape index (κ2) is 6.24. The molecule has 0 bridgehead atoms. The van der Waals surface area contributed by atoms with Crippen molar-refractivity contribution < 1.29 is 4.79 Å². The number of H-pyrrole nitrogens is 1. The van der Waals surface area contributed by atoms with E-state index < -0.39 is 0 Å². The minimum absolute atomic E-state index is 0.0398. The molecule has 1 heterocycles.